The summed E-state index contributed by atoms with van der Waals surface area (Å²) in [6, 6.07) is 0. The predicted molar refractivity (Wildman–Crippen MR) is 69.2 cm³/mol. The van der Waals surface area contributed by atoms with Gasteiger partial charge in [-0.25, -0.2) is 0 Å². The number of nitrogens with one attached hydrogen (secondary N) is 1. The Bertz CT molecular complexity index is 186. The first-order valence-electron chi connectivity index (χ1n) is 6.70. The average molecular weight is 245 g/mol. The molecule has 0 aromatic rings. The Morgan fingerprint density at radius 2 is 2.12 bits per heavy atom. The fraction of sp³-hybridized carbons (Fsp3) is 0.923. The standard InChI is InChI=1S/C13H27NO3/c1-3-5-7-12(4-2)11-17-9-6-8-14-10-13(15)16/h12,14H,3-11H2,1-2H3,(H,15,16)/t12-/m1/s1. The van der Waals surface area contributed by atoms with Crippen molar-refractivity contribution >= 4 is 5.97 Å². The summed E-state index contributed by atoms with van der Waals surface area (Å²) < 4.78 is 5.60. The first-order valence-corrected chi connectivity index (χ1v) is 6.70. The van der Waals surface area contributed by atoms with E-state index < -0.39 is 5.97 Å². The molecule has 17 heavy (non-hydrogen) atoms. The number of rotatable bonds is 12. The number of carboxylic acids is 1. The topological polar surface area (TPSA) is 58.6 Å². The highest BCUT2D eigenvalue weighted by atomic mass is 16.5. The van der Waals surface area contributed by atoms with Crippen LogP contribution in [0.15, 0.2) is 0 Å². The van der Waals surface area contributed by atoms with Crippen LogP contribution in [0.25, 0.3) is 0 Å². The van der Waals surface area contributed by atoms with Crippen LogP contribution in [0, 0.1) is 5.92 Å². The molecule has 0 saturated heterocycles. The van der Waals surface area contributed by atoms with E-state index in [4.69, 9.17) is 9.84 Å². The van der Waals surface area contributed by atoms with Crippen LogP contribution in [0.4, 0.5) is 0 Å². The van der Waals surface area contributed by atoms with Crippen LogP contribution in [-0.4, -0.2) is 37.4 Å². The molecule has 0 bridgehead atoms. The van der Waals surface area contributed by atoms with Crippen molar-refractivity contribution in [1.82, 2.24) is 5.32 Å². The highest BCUT2D eigenvalue weighted by molar-refractivity contribution is 5.68. The zero-order valence-corrected chi connectivity index (χ0v) is 11.2. The maximum Gasteiger partial charge on any atom is 0.317 e. The summed E-state index contributed by atoms with van der Waals surface area (Å²) >= 11 is 0. The van der Waals surface area contributed by atoms with E-state index in [-0.39, 0.29) is 6.54 Å². The Morgan fingerprint density at radius 1 is 1.35 bits per heavy atom. The molecule has 0 unspecified atom stereocenters. The van der Waals surface area contributed by atoms with Crippen molar-refractivity contribution in [1.29, 1.82) is 0 Å². The van der Waals surface area contributed by atoms with E-state index in [0.29, 0.717) is 12.5 Å². The second kappa shape index (κ2) is 11.9. The van der Waals surface area contributed by atoms with Gasteiger partial charge in [-0.2, -0.15) is 0 Å². The minimum absolute atomic E-state index is 0.0358. The highest BCUT2D eigenvalue weighted by Crippen LogP contribution is 2.12. The lowest BCUT2D eigenvalue weighted by Crippen LogP contribution is -2.24. The summed E-state index contributed by atoms with van der Waals surface area (Å²) in [6.07, 6.45) is 5.83. The SMILES string of the molecule is CCCC[C@@H](CC)COCCCNCC(=O)O. The molecule has 0 aromatic carbocycles. The van der Waals surface area contributed by atoms with Gasteiger partial charge < -0.3 is 15.2 Å². The Kier molecular flexibility index (Phi) is 11.4. The number of aliphatic carboxylic acids is 1. The van der Waals surface area contributed by atoms with Crippen molar-refractivity contribution < 1.29 is 14.6 Å². The third kappa shape index (κ3) is 11.6. The van der Waals surface area contributed by atoms with Crippen LogP contribution < -0.4 is 5.32 Å². The molecule has 2 N–H and O–H groups in total. The molecule has 0 aliphatic heterocycles. The summed E-state index contributed by atoms with van der Waals surface area (Å²) in [7, 11) is 0. The predicted octanol–water partition coefficient (Wildman–Crippen LogP) is 2.28. The van der Waals surface area contributed by atoms with Gasteiger partial charge in [-0.3, -0.25) is 4.79 Å². The van der Waals surface area contributed by atoms with E-state index in [0.717, 1.165) is 19.6 Å². The second-order valence-corrected chi connectivity index (χ2v) is 4.42. The molecule has 4 nitrogen and oxygen atoms in total. The van der Waals surface area contributed by atoms with Crippen LogP contribution in [0.3, 0.4) is 0 Å². The largest absolute Gasteiger partial charge is 0.480 e. The lowest BCUT2D eigenvalue weighted by Gasteiger charge is -2.14. The van der Waals surface area contributed by atoms with E-state index in [1.54, 1.807) is 0 Å². The van der Waals surface area contributed by atoms with Gasteiger partial charge in [-0.05, 0) is 25.3 Å². The number of carbonyl (C=O) groups is 1. The van der Waals surface area contributed by atoms with E-state index in [1.807, 2.05) is 0 Å². The fourth-order valence-electron chi connectivity index (χ4n) is 1.64. The molecule has 0 radical (unpaired) electrons. The average Bonchev–Trinajstić information content (AvgIpc) is 2.31. The van der Waals surface area contributed by atoms with Gasteiger partial charge in [0.2, 0.25) is 0 Å². The normalized spacial score (nSPS) is 12.6. The van der Waals surface area contributed by atoms with Gasteiger partial charge >= 0.3 is 5.97 Å². The van der Waals surface area contributed by atoms with Crippen LogP contribution in [0.2, 0.25) is 0 Å². The fourth-order valence-corrected chi connectivity index (χ4v) is 1.64. The lowest BCUT2D eigenvalue weighted by atomic mass is 10.0. The molecule has 0 rings (SSSR count). The number of carboxylic acid groups (broad SMARTS) is 1. The molecule has 0 spiro atoms. The van der Waals surface area contributed by atoms with Gasteiger partial charge in [0, 0.05) is 13.2 Å². The van der Waals surface area contributed by atoms with Gasteiger partial charge in [0.05, 0.1) is 6.54 Å². The number of hydrogen-bond acceptors (Lipinski definition) is 3. The molecular formula is C13H27NO3. The molecule has 4 heteroatoms. The van der Waals surface area contributed by atoms with Gasteiger partial charge in [-0.15, -0.1) is 0 Å². The third-order valence-electron chi connectivity index (χ3n) is 2.82. The lowest BCUT2D eigenvalue weighted by molar-refractivity contribution is -0.135. The zero-order valence-electron chi connectivity index (χ0n) is 11.2. The molecule has 1 atom stereocenters. The summed E-state index contributed by atoms with van der Waals surface area (Å²) in [4.78, 5) is 10.2. The number of hydrogen-bond donors (Lipinski definition) is 2. The summed E-state index contributed by atoms with van der Waals surface area (Å²) in [5.41, 5.74) is 0. The first-order chi connectivity index (χ1) is 8.20. The maximum atomic E-state index is 10.2. The van der Waals surface area contributed by atoms with Crippen molar-refractivity contribution in [2.45, 2.75) is 46.0 Å². The Balaban J connectivity index is 3.27. The zero-order chi connectivity index (χ0) is 12.9. The maximum absolute atomic E-state index is 10.2. The number of ether oxygens (including phenoxy) is 1. The van der Waals surface area contributed by atoms with Crippen molar-refractivity contribution in [2.75, 3.05) is 26.3 Å². The summed E-state index contributed by atoms with van der Waals surface area (Å²) in [5, 5.41) is 11.3. The van der Waals surface area contributed by atoms with Gasteiger partial charge in [0.1, 0.15) is 0 Å². The third-order valence-corrected chi connectivity index (χ3v) is 2.82. The quantitative estimate of drug-likeness (QED) is 0.518. The minimum Gasteiger partial charge on any atom is -0.480 e. The molecular weight excluding hydrogens is 218 g/mol. The monoisotopic (exact) mass is 245 g/mol. The molecule has 0 fully saturated rings. The van der Waals surface area contributed by atoms with E-state index in [2.05, 4.69) is 19.2 Å². The van der Waals surface area contributed by atoms with Gasteiger partial charge in [0.15, 0.2) is 0 Å². The van der Waals surface area contributed by atoms with Crippen molar-refractivity contribution in [3.05, 3.63) is 0 Å². The molecule has 0 aromatic heterocycles. The smallest absolute Gasteiger partial charge is 0.317 e. The minimum atomic E-state index is -0.809. The molecule has 0 aliphatic carbocycles. The van der Waals surface area contributed by atoms with Crippen LogP contribution in [0.1, 0.15) is 46.0 Å². The first kappa shape index (κ1) is 16.4. The molecule has 0 saturated carbocycles. The Morgan fingerprint density at radius 3 is 2.71 bits per heavy atom. The van der Waals surface area contributed by atoms with Crippen LogP contribution in [0.5, 0.6) is 0 Å². The highest BCUT2D eigenvalue weighted by Gasteiger charge is 2.05. The van der Waals surface area contributed by atoms with Crippen molar-refractivity contribution in [2.24, 2.45) is 5.92 Å². The number of unbranched alkanes of at least 4 members (excludes halogenated alkanes) is 1. The van der Waals surface area contributed by atoms with Crippen LogP contribution >= 0.6 is 0 Å². The van der Waals surface area contributed by atoms with Gasteiger partial charge in [0.25, 0.3) is 0 Å². The molecule has 0 heterocycles. The molecule has 0 aliphatic rings. The Labute approximate surface area is 105 Å². The Hall–Kier alpha value is -0.610. The second-order valence-electron chi connectivity index (χ2n) is 4.42. The molecule has 102 valence electrons. The van der Waals surface area contributed by atoms with E-state index in [9.17, 15) is 4.79 Å². The molecule has 0 amide bonds. The van der Waals surface area contributed by atoms with E-state index in [1.165, 1.54) is 25.7 Å². The summed E-state index contributed by atoms with van der Waals surface area (Å²) in [5.74, 6) is -0.126. The van der Waals surface area contributed by atoms with Crippen LogP contribution in [-0.2, 0) is 9.53 Å². The van der Waals surface area contributed by atoms with Crippen molar-refractivity contribution in [3.8, 4) is 0 Å². The van der Waals surface area contributed by atoms with E-state index >= 15 is 0 Å². The summed E-state index contributed by atoms with van der Waals surface area (Å²) in [6.45, 7) is 6.72. The van der Waals surface area contributed by atoms with Crippen molar-refractivity contribution in [3.63, 3.8) is 0 Å². The van der Waals surface area contributed by atoms with Gasteiger partial charge in [-0.1, -0.05) is 33.1 Å².